The Bertz CT molecular complexity index is 723. The molecule has 0 heterocycles. The smallest absolute Gasteiger partial charge is 0.359 e. The van der Waals surface area contributed by atoms with Gasteiger partial charge in [-0.2, -0.15) is 0 Å². The van der Waals surface area contributed by atoms with Crippen molar-refractivity contribution in [3.05, 3.63) is 35.9 Å². The first-order valence-electron chi connectivity index (χ1n) is 5.32. The second-order valence-corrected chi connectivity index (χ2v) is 9.54. The van der Waals surface area contributed by atoms with Crippen molar-refractivity contribution in [1.29, 1.82) is 0 Å². The minimum atomic E-state index is -4.38. The fraction of sp³-hybridized carbons (Fsp3) is 0.364. The van der Waals surface area contributed by atoms with E-state index < -0.39 is 28.8 Å². The molecule has 0 N–H and O–H groups in total. The zero-order valence-corrected chi connectivity index (χ0v) is 12.4. The third kappa shape index (κ3) is 2.75. The Hall–Kier alpha value is -1.50. The van der Waals surface area contributed by atoms with Crippen LogP contribution in [-0.2, 0) is 19.7 Å². The number of sulfone groups is 2. The van der Waals surface area contributed by atoms with Crippen molar-refractivity contribution in [3.8, 4) is 0 Å². The monoisotopic (exact) mass is 302 g/mol. The van der Waals surface area contributed by atoms with Gasteiger partial charge in [0.25, 0.3) is 19.7 Å². The topological polar surface area (TPSA) is 105 Å². The summed E-state index contributed by atoms with van der Waals surface area (Å²) in [5.41, 5.74) is 8.85. The molecule has 0 saturated carbocycles. The van der Waals surface area contributed by atoms with Gasteiger partial charge in [-0.3, -0.25) is 0 Å². The molecule has 0 aliphatic carbocycles. The summed E-state index contributed by atoms with van der Waals surface area (Å²) in [5.74, 6) is 0. The predicted octanol–water partition coefficient (Wildman–Crippen LogP) is 1.26. The lowest BCUT2D eigenvalue weighted by molar-refractivity contribution is 0.00366. The van der Waals surface area contributed by atoms with E-state index in [2.05, 4.69) is 4.79 Å². The van der Waals surface area contributed by atoms with E-state index in [1.54, 1.807) is 6.07 Å². The molecule has 0 saturated heterocycles. The molecule has 0 bridgehead atoms. The highest BCUT2D eigenvalue weighted by molar-refractivity contribution is 8.31. The molecule has 0 spiro atoms. The molecule has 0 aliphatic heterocycles. The van der Waals surface area contributed by atoms with Crippen LogP contribution in [0.4, 0.5) is 0 Å². The van der Waals surface area contributed by atoms with Crippen LogP contribution < -0.4 is 0 Å². The van der Waals surface area contributed by atoms with Gasteiger partial charge < -0.3 is 5.53 Å². The van der Waals surface area contributed by atoms with Crippen LogP contribution in [0.5, 0.6) is 0 Å². The molecule has 0 aromatic heterocycles. The molecule has 0 fully saturated rings. The summed E-state index contributed by atoms with van der Waals surface area (Å²) < 4.78 is 46.0. The van der Waals surface area contributed by atoms with Gasteiger partial charge in [0.2, 0.25) is 0 Å². The molecule has 0 aliphatic rings. The molecule has 0 unspecified atom stereocenters. The molecule has 0 atom stereocenters. The molecular formula is C11H14N2O4S2. The maximum absolute atomic E-state index is 12.2. The average molecular weight is 302 g/mol. The van der Waals surface area contributed by atoms with Crippen LogP contribution in [0.1, 0.15) is 20.8 Å². The molecule has 0 amide bonds. The van der Waals surface area contributed by atoms with Crippen molar-refractivity contribution >= 4 is 24.1 Å². The fourth-order valence-corrected chi connectivity index (χ4v) is 4.86. The second-order valence-electron chi connectivity index (χ2n) is 4.80. The number of hydrogen-bond donors (Lipinski definition) is 0. The SMILES string of the molecule is CC(C)(C)S(=O)(=O)C(=[N+]=[N-])S(=O)(=O)c1ccccc1. The van der Waals surface area contributed by atoms with Crippen molar-refractivity contribution in [2.45, 2.75) is 30.4 Å². The van der Waals surface area contributed by atoms with Gasteiger partial charge in [-0.15, -0.1) is 4.79 Å². The predicted molar refractivity (Wildman–Crippen MR) is 70.9 cm³/mol. The first-order valence-corrected chi connectivity index (χ1v) is 8.28. The molecule has 1 aromatic rings. The highest BCUT2D eigenvalue weighted by Crippen LogP contribution is 2.23. The lowest BCUT2D eigenvalue weighted by atomic mass is 10.3. The molecule has 1 aromatic carbocycles. The summed E-state index contributed by atoms with van der Waals surface area (Å²) in [5, 5.41) is 0. The molecule has 0 radical (unpaired) electrons. The number of hydrogen-bond acceptors (Lipinski definition) is 4. The van der Waals surface area contributed by atoms with Crippen LogP contribution in [0.2, 0.25) is 0 Å². The van der Waals surface area contributed by atoms with Gasteiger partial charge in [-0.25, -0.2) is 16.8 Å². The maximum atomic E-state index is 12.2. The van der Waals surface area contributed by atoms with Crippen LogP contribution in [0, 0.1) is 0 Å². The summed E-state index contributed by atoms with van der Waals surface area (Å²) in [7, 11) is -8.66. The molecular weight excluding hydrogens is 288 g/mol. The third-order valence-corrected chi connectivity index (χ3v) is 7.31. The van der Waals surface area contributed by atoms with Gasteiger partial charge in [0.05, 0.1) is 9.64 Å². The van der Waals surface area contributed by atoms with Gasteiger partial charge >= 0.3 is 4.38 Å². The summed E-state index contributed by atoms with van der Waals surface area (Å²) in [4.78, 5) is 2.27. The van der Waals surface area contributed by atoms with E-state index in [1.807, 2.05) is 0 Å². The Morgan fingerprint density at radius 2 is 1.53 bits per heavy atom. The normalized spacial score (nSPS) is 12.8. The molecule has 19 heavy (non-hydrogen) atoms. The first kappa shape index (κ1) is 15.6. The van der Waals surface area contributed by atoms with Crippen molar-refractivity contribution in [1.82, 2.24) is 0 Å². The number of benzene rings is 1. The summed E-state index contributed by atoms with van der Waals surface area (Å²) in [6.07, 6.45) is 0. The molecule has 6 nitrogen and oxygen atoms in total. The van der Waals surface area contributed by atoms with E-state index in [4.69, 9.17) is 5.53 Å². The maximum Gasteiger partial charge on any atom is 0.500 e. The van der Waals surface area contributed by atoms with Gasteiger partial charge in [-0.05, 0) is 32.9 Å². The minimum absolute atomic E-state index is 0.240. The van der Waals surface area contributed by atoms with Gasteiger partial charge in [0.1, 0.15) is 0 Å². The van der Waals surface area contributed by atoms with Crippen molar-refractivity contribution in [2.24, 2.45) is 0 Å². The Labute approximate surface area is 112 Å². The second kappa shape index (κ2) is 4.88. The lowest BCUT2D eigenvalue weighted by Gasteiger charge is -2.15. The molecule has 1 rings (SSSR count). The van der Waals surface area contributed by atoms with Crippen molar-refractivity contribution < 1.29 is 21.6 Å². The standard InChI is InChI=1S/C11H14N2O4S2/c1-11(2,3)19(16,17)10(13-12)18(14,15)9-7-5-4-6-8-9/h4-8H,1-3H3. The average Bonchev–Trinajstić information content (AvgIpc) is 2.28. The van der Waals surface area contributed by atoms with Crippen LogP contribution in [0.25, 0.3) is 5.53 Å². The highest BCUT2D eigenvalue weighted by Gasteiger charge is 2.49. The Balaban J connectivity index is 3.58. The van der Waals surface area contributed by atoms with E-state index in [0.29, 0.717) is 0 Å². The number of nitrogens with zero attached hydrogens (tertiary/aromatic N) is 2. The summed E-state index contributed by atoms with van der Waals surface area (Å²) in [6, 6.07) is 6.96. The molecule has 104 valence electrons. The fourth-order valence-electron chi connectivity index (χ4n) is 1.21. The van der Waals surface area contributed by atoms with E-state index in [1.165, 1.54) is 45.0 Å². The van der Waals surface area contributed by atoms with Crippen LogP contribution in [-0.4, -0.2) is 30.7 Å². The van der Waals surface area contributed by atoms with Gasteiger partial charge in [0, 0.05) is 0 Å². The molecule has 8 heteroatoms. The van der Waals surface area contributed by atoms with Crippen LogP contribution in [0.3, 0.4) is 0 Å². The van der Waals surface area contributed by atoms with E-state index in [9.17, 15) is 16.8 Å². The zero-order chi connectivity index (χ0) is 14.9. The Morgan fingerprint density at radius 3 is 1.89 bits per heavy atom. The van der Waals surface area contributed by atoms with E-state index in [-0.39, 0.29) is 4.90 Å². The Kier molecular flexibility index (Phi) is 4.00. The van der Waals surface area contributed by atoms with Crippen LogP contribution in [0.15, 0.2) is 35.2 Å². The van der Waals surface area contributed by atoms with Gasteiger partial charge in [0.15, 0.2) is 0 Å². The van der Waals surface area contributed by atoms with Crippen LogP contribution >= 0.6 is 0 Å². The summed E-state index contributed by atoms with van der Waals surface area (Å²) in [6.45, 7) is 3.98. The third-order valence-electron chi connectivity index (χ3n) is 2.40. The van der Waals surface area contributed by atoms with Crippen molar-refractivity contribution in [2.75, 3.05) is 0 Å². The highest BCUT2D eigenvalue weighted by atomic mass is 32.3. The van der Waals surface area contributed by atoms with Crippen molar-refractivity contribution in [3.63, 3.8) is 0 Å². The lowest BCUT2D eigenvalue weighted by Crippen LogP contribution is -2.39. The zero-order valence-electron chi connectivity index (χ0n) is 10.7. The summed E-state index contributed by atoms with van der Waals surface area (Å²) >= 11 is 0. The largest absolute Gasteiger partial charge is 0.500 e. The Morgan fingerprint density at radius 1 is 1.05 bits per heavy atom. The van der Waals surface area contributed by atoms with Gasteiger partial charge in [-0.1, -0.05) is 18.2 Å². The first-order chi connectivity index (χ1) is 8.55. The quantitative estimate of drug-likeness (QED) is 0.337. The van der Waals surface area contributed by atoms with E-state index in [0.717, 1.165) is 0 Å². The minimum Gasteiger partial charge on any atom is -0.359 e. The number of rotatable bonds is 1. The van der Waals surface area contributed by atoms with E-state index >= 15 is 0 Å².